The van der Waals surface area contributed by atoms with Gasteiger partial charge >= 0.3 is 0 Å². The third kappa shape index (κ3) is 3.95. The maximum absolute atomic E-state index is 9.00. The fourth-order valence-electron chi connectivity index (χ4n) is 2.21. The van der Waals surface area contributed by atoms with Crippen LogP contribution in [0.15, 0.2) is 0 Å². The van der Waals surface area contributed by atoms with Gasteiger partial charge in [-0.15, -0.1) is 0 Å². The van der Waals surface area contributed by atoms with Crippen molar-refractivity contribution in [3.8, 4) is 0 Å². The Balaban J connectivity index is 2.15. The van der Waals surface area contributed by atoms with Gasteiger partial charge in [-0.3, -0.25) is 0 Å². The van der Waals surface area contributed by atoms with Crippen molar-refractivity contribution in [3.63, 3.8) is 0 Å². The van der Waals surface area contributed by atoms with E-state index in [4.69, 9.17) is 9.84 Å². The van der Waals surface area contributed by atoms with Crippen LogP contribution >= 0.6 is 0 Å². The van der Waals surface area contributed by atoms with Crippen molar-refractivity contribution in [2.45, 2.75) is 44.7 Å². The van der Waals surface area contributed by atoms with Crippen molar-refractivity contribution in [1.29, 1.82) is 0 Å². The smallest absolute Gasteiger partial charge is 0.0613 e. The van der Waals surface area contributed by atoms with E-state index in [-0.39, 0.29) is 0 Å². The van der Waals surface area contributed by atoms with Crippen LogP contribution in [-0.2, 0) is 4.74 Å². The van der Waals surface area contributed by atoms with Gasteiger partial charge in [-0.1, -0.05) is 0 Å². The van der Waals surface area contributed by atoms with Crippen LogP contribution in [0.3, 0.4) is 0 Å². The Morgan fingerprint density at radius 3 is 2.50 bits per heavy atom. The summed E-state index contributed by atoms with van der Waals surface area (Å²) in [6, 6.07) is 1.07. The van der Waals surface area contributed by atoms with Crippen LogP contribution in [0.25, 0.3) is 0 Å². The van der Waals surface area contributed by atoms with Gasteiger partial charge in [0.1, 0.15) is 0 Å². The molecule has 1 fully saturated rings. The Labute approximate surface area is 86.8 Å². The van der Waals surface area contributed by atoms with Crippen molar-refractivity contribution >= 4 is 0 Å². The van der Waals surface area contributed by atoms with E-state index >= 15 is 0 Å². The molecule has 1 aliphatic carbocycles. The predicted octanol–water partition coefficient (Wildman–Crippen LogP) is 1.16. The lowest BCUT2D eigenvalue weighted by molar-refractivity contribution is 0.145. The van der Waals surface area contributed by atoms with Crippen LogP contribution < -0.4 is 5.32 Å². The highest BCUT2D eigenvalue weighted by Gasteiger charge is 2.21. The minimum Gasteiger partial charge on any atom is -0.396 e. The van der Waals surface area contributed by atoms with Gasteiger partial charge in [0.15, 0.2) is 0 Å². The van der Waals surface area contributed by atoms with E-state index in [1.165, 1.54) is 12.8 Å². The minimum atomic E-state index is 0.361. The zero-order valence-corrected chi connectivity index (χ0v) is 9.33. The molecular formula is C11H23NO2. The molecule has 0 aliphatic heterocycles. The molecule has 84 valence electrons. The molecule has 1 atom stereocenters. The first kappa shape index (κ1) is 12.0. The molecule has 0 aromatic carbocycles. The number of ether oxygens (including phenoxy) is 1. The SMILES string of the molecule is COCC(C)NC1CCC(CO)CC1. The molecule has 14 heavy (non-hydrogen) atoms. The highest BCUT2D eigenvalue weighted by atomic mass is 16.5. The number of hydrogen-bond donors (Lipinski definition) is 2. The molecular weight excluding hydrogens is 178 g/mol. The van der Waals surface area contributed by atoms with Crippen LogP contribution in [-0.4, -0.2) is 37.5 Å². The Morgan fingerprint density at radius 1 is 1.36 bits per heavy atom. The van der Waals surface area contributed by atoms with Gasteiger partial charge < -0.3 is 15.2 Å². The summed E-state index contributed by atoms with van der Waals surface area (Å²) in [5.74, 6) is 0.547. The molecule has 0 aromatic rings. The maximum Gasteiger partial charge on any atom is 0.0613 e. The first-order chi connectivity index (χ1) is 6.76. The topological polar surface area (TPSA) is 41.5 Å². The lowest BCUT2D eigenvalue weighted by atomic mass is 9.86. The van der Waals surface area contributed by atoms with Gasteiger partial charge in [0.05, 0.1) is 6.61 Å². The molecule has 3 nitrogen and oxygen atoms in total. The average molecular weight is 201 g/mol. The zero-order chi connectivity index (χ0) is 10.4. The molecule has 3 heteroatoms. The molecule has 0 heterocycles. The minimum absolute atomic E-state index is 0.361. The van der Waals surface area contributed by atoms with E-state index in [1.54, 1.807) is 7.11 Å². The summed E-state index contributed by atoms with van der Waals surface area (Å²) in [7, 11) is 1.74. The molecule has 1 unspecified atom stereocenters. The molecule has 2 N–H and O–H groups in total. The lowest BCUT2D eigenvalue weighted by Crippen LogP contribution is -2.41. The standard InChI is InChI=1S/C11H23NO2/c1-9(8-14-2)12-11-5-3-10(7-13)4-6-11/h9-13H,3-8H2,1-2H3. The Kier molecular flexibility index (Phi) is 5.45. The highest BCUT2D eigenvalue weighted by Crippen LogP contribution is 2.23. The van der Waals surface area contributed by atoms with Crippen LogP contribution in [0.1, 0.15) is 32.6 Å². The molecule has 0 spiro atoms. The molecule has 0 bridgehead atoms. The van der Waals surface area contributed by atoms with E-state index in [0.29, 0.717) is 24.6 Å². The van der Waals surface area contributed by atoms with E-state index < -0.39 is 0 Å². The van der Waals surface area contributed by atoms with Gasteiger partial charge in [-0.2, -0.15) is 0 Å². The first-order valence-electron chi connectivity index (χ1n) is 5.62. The summed E-state index contributed by atoms with van der Waals surface area (Å²) < 4.78 is 5.08. The Morgan fingerprint density at radius 2 is 2.00 bits per heavy atom. The van der Waals surface area contributed by atoms with Crippen molar-refractivity contribution in [2.24, 2.45) is 5.92 Å². The van der Waals surface area contributed by atoms with Gasteiger partial charge in [-0.05, 0) is 38.5 Å². The third-order valence-corrected chi connectivity index (χ3v) is 3.04. The summed E-state index contributed by atoms with van der Waals surface area (Å²) in [6.07, 6.45) is 4.71. The van der Waals surface area contributed by atoms with Gasteiger partial charge in [0.2, 0.25) is 0 Å². The van der Waals surface area contributed by atoms with Crippen LogP contribution in [0, 0.1) is 5.92 Å². The quantitative estimate of drug-likeness (QED) is 0.701. The van der Waals surface area contributed by atoms with Gasteiger partial charge in [0.25, 0.3) is 0 Å². The number of hydrogen-bond acceptors (Lipinski definition) is 3. The summed E-state index contributed by atoms with van der Waals surface area (Å²) in [5.41, 5.74) is 0. The number of aliphatic hydroxyl groups excluding tert-OH is 1. The van der Waals surface area contributed by atoms with Crippen molar-refractivity contribution in [1.82, 2.24) is 5.32 Å². The Hall–Kier alpha value is -0.120. The predicted molar refractivity (Wildman–Crippen MR) is 57.3 cm³/mol. The number of nitrogens with one attached hydrogen (secondary N) is 1. The molecule has 1 rings (SSSR count). The van der Waals surface area contributed by atoms with E-state index in [1.807, 2.05) is 0 Å². The maximum atomic E-state index is 9.00. The molecule has 0 amide bonds. The average Bonchev–Trinajstić information content (AvgIpc) is 2.19. The second kappa shape index (κ2) is 6.38. The summed E-state index contributed by atoms with van der Waals surface area (Å²) in [4.78, 5) is 0. The third-order valence-electron chi connectivity index (χ3n) is 3.04. The molecule has 0 saturated heterocycles. The fourth-order valence-corrected chi connectivity index (χ4v) is 2.21. The molecule has 1 aliphatic rings. The summed E-state index contributed by atoms with van der Waals surface area (Å²) >= 11 is 0. The zero-order valence-electron chi connectivity index (χ0n) is 9.33. The van der Waals surface area contributed by atoms with Crippen molar-refractivity contribution < 1.29 is 9.84 Å². The molecule has 0 aromatic heterocycles. The van der Waals surface area contributed by atoms with Crippen LogP contribution in [0.5, 0.6) is 0 Å². The molecule has 0 radical (unpaired) electrons. The van der Waals surface area contributed by atoms with E-state index in [0.717, 1.165) is 19.4 Å². The second-order valence-electron chi connectivity index (χ2n) is 4.42. The number of methoxy groups -OCH3 is 1. The number of rotatable bonds is 5. The fraction of sp³-hybridized carbons (Fsp3) is 1.00. The highest BCUT2D eigenvalue weighted by molar-refractivity contribution is 4.78. The van der Waals surface area contributed by atoms with E-state index in [2.05, 4.69) is 12.2 Å². The van der Waals surface area contributed by atoms with Crippen LogP contribution in [0.2, 0.25) is 0 Å². The summed E-state index contributed by atoms with van der Waals surface area (Å²) in [6.45, 7) is 3.29. The van der Waals surface area contributed by atoms with Crippen LogP contribution in [0.4, 0.5) is 0 Å². The van der Waals surface area contributed by atoms with Crippen molar-refractivity contribution in [3.05, 3.63) is 0 Å². The van der Waals surface area contributed by atoms with Gasteiger partial charge in [-0.25, -0.2) is 0 Å². The van der Waals surface area contributed by atoms with Gasteiger partial charge in [0, 0.05) is 25.8 Å². The first-order valence-corrected chi connectivity index (χ1v) is 5.62. The summed E-state index contributed by atoms with van der Waals surface area (Å²) in [5, 5.41) is 12.6. The monoisotopic (exact) mass is 201 g/mol. The molecule has 1 saturated carbocycles. The van der Waals surface area contributed by atoms with Crippen molar-refractivity contribution in [2.75, 3.05) is 20.3 Å². The lowest BCUT2D eigenvalue weighted by Gasteiger charge is -2.30. The Bertz CT molecular complexity index is 144. The van der Waals surface area contributed by atoms with E-state index in [9.17, 15) is 0 Å². The number of aliphatic hydroxyl groups is 1. The normalized spacial score (nSPS) is 30.2. The largest absolute Gasteiger partial charge is 0.396 e. The second-order valence-corrected chi connectivity index (χ2v) is 4.42.